The molecule has 0 saturated heterocycles. The number of halogens is 10. The van der Waals surface area contributed by atoms with Gasteiger partial charge < -0.3 is 0 Å². The van der Waals surface area contributed by atoms with Gasteiger partial charge >= 0.3 is 22.9 Å². The number of sulfone groups is 2. The smallest absolute Gasteiger partial charge is 0.299 e. The zero-order valence-electron chi connectivity index (χ0n) is 24.3. The summed E-state index contributed by atoms with van der Waals surface area (Å²) in [4.78, 5) is -5.57. The Labute approximate surface area is 256 Å². The Morgan fingerprint density at radius 2 is 1.33 bits per heavy atom. The van der Waals surface area contributed by atoms with Crippen molar-refractivity contribution in [3.8, 4) is 0 Å². The van der Waals surface area contributed by atoms with Crippen LogP contribution in [0.2, 0.25) is 0 Å². The Hall–Kier alpha value is -3.48. The van der Waals surface area contributed by atoms with Crippen LogP contribution in [0.5, 0.6) is 0 Å². The van der Waals surface area contributed by atoms with Gasteiger partial charge in [0.05, 0.1) is 22.9 Å². The van der Waals surface area contributed by atoms with Crippen LogP contribution in [0.1, 0.15) is 42.3 Å². The summed E-state index contributed by atoms with van der Waals surface area (Å²) in [6.45, 7) is 7.69. The fourth-order valence-electron chi connectivity index (χ4n) is 4.62. The Balaban J connectivity index is 0.000000402. The molecule has 46 heavy (non-hydrogen) atoms. The quantitative estimate of drug-likeness (QED) is 0.259. The number of rotatable bonds is 7. The molecule has 2 aliphatic rings. The third-order valence-corrected chi connectivity index (χ3v) is 11.0. The molecule has 0 atom stereocenters. The summed E-state index contributed by atoms with van der Waals surface area (Å²) in [5, 5.41) is -5.85. The van der Waals surface area contributed by atoms with Crippen molar-refractivity contribution in [2.24, 2.45) is 7.05 Å². The second kappa shape index (κ2) is 12.0. The topological polar surface area (TPSA) is 101 Å². The molecule has 0 aliphatic heterocycles. The Morgan fingerprint density at radius 1 is 0.804 bits per heavy atom. The van der Waals surface area contributed by atoms with Gasteiger partial charge in [0.2, 0.25) is 5.69 Å². The van der Waals surface area contributed by atoms with E-state index in [1.807, 2.05) is 0 Å². The summed E-state index contributed by atoms with van der Waals surface area (Å²) in [5.41, 5.74) is -0.780. The maximum absolute atomic E-state index is 13.9. The van der Waals surface area contributed by atoms with Gasteiger partial charge in [0.25, 0.3) is 19.7 Å². The molecule has 0 amide bonds. The SMILES string of the molecule is CCCCn1c(C)cc(C)[n+]1C.N=C1C2=Cc3ccccc3C2=CC(S(=O)(=O)C(F)(F)C(F)(F)F)=C1S(=O)(=O)C(F)(F)C(F)(F)F. The molecule has 1 heterocycles. The maximum Gasteiger partial charge on any atom is 0.469 e. The third-order valence-electron chi connectivity index (χ3n) is 7.15. The summed E-state index contributed by atoms with van der Waals surface area (Å²) in [6.07, 6.45) is -10.7. The van der Waals surface area contributed by atoms with E-state index in [0.717, 1.165) is 18.7 Å². The molecule has 254 valence electrons. The van der Waals surface area contributed by atoms with Gasteiger partial charge in [-0.05, 0) is 42.2 Å². The number of nitrogens with zero attached hydrogens (tertiary/aromatic N) is 2. The number of nitrogens with one attached hydrogen (secondary N) is 1. The van der Waals surface area contributed by atoms with E-state index in [1.165, 1.54) is 42.4 Å². The maximum atomic E-state index is 13.9. The summed E-state index contributed by atoms with van der Waals surface area (Å²) < 4.78 is 186. The highest BCUT2D eigenvalue weighted by Gasteiger charge is 2.72. The third kappa shape index (κ3) is 5.91. The molecule has 7 nitrogen and oxygen atoms in total. The van der Waals surface area contributed by atoms with Gasteiger partial charge in [-0.3, -0.25) is 5.41 Å². The van der Waals surface area contributed by atoms with Crippen LogP contribution >= 0.6 is 0 Å². The van der Waals surface area contributed by atoms with Gasteiger partial charge in [0.1, 0.15) is 4.91 Å². The minimum atomic E-state index is -7.40. The monoisotopic (exact) mass is 710 g/mol. The minimum absolute atomic E-state index is 0.0223. The van der Waals surface area contributed by atoms with Crippen molar-refractivity contribution in [1.82, 2.24) is 4.68 Å². The van der Waals surface area contributed by atoms with Crippen LogP contribution in [0.4, 0.5) is 43.9 Å². The molecular formula is C27H26F10N3O4S2+. The van der Waals surface area contributed by atoms with Crippen LogP contribution in [-0.2, 0) is 33.3 Å². The highest BCUT2D eigenvalue weighted by atomic mass is 32.2. The molecule has 2 aromatic rings. The number of fused-ring (bicyclic) bond motifs is 3. The lowest BCUT2D eigenvalue weighted by Crippen LogP contribution is -2.48. The molecule has 1 aromatic heterocycles. The first-order chi connectivity index (χ1) is 20.8. The van der Waals surface area contributed by atoms with Crippen molar-refractivity contribution < 1.29 is 65.4 Å². The van der Waals surface area contributed by atoms with E-state index in [-0.39, 0.29) is 17.2 Å². The van der Waals surface area contributed by atoms with Crippen molar-refractivity contribution in [3.05, 3.63) is 74.3 Å². The van der Waals surface area contributed by atoms with Crippen LogP contribution in [0, 0.1) is 19.3 Å². The van der Waals surface area contributed by atoms with Crippen LogP contribution in [0.25, 0.3) is 11.6 Å². The number of benzene rings is 1. The molecule has 1 aromatic carbocycles. The first kappa shape index (κ1) is 37.0. The highest BCUT2D eigenvalue weighted by Crippen LogP contribution is 2.52. The largest absolute Gasteiger partial charge is 0.469 e. The fourth-order valence-corrected chi connectivity index (χ4v) is 7.74. The lowest BCUT2D eigenvalue weighted by molar-refractivity contribution is -0.759. The zero-order valence-corrected chi connectivity index (χ0v) is 25.9. The summed E-state index contributed by atoms with van der Waals surface area (Å²) in [7, 11) is -12.6. The number of hydrogen-bond acceptors (Lipinski definition) is 5. The molecule has 19 heteroatoms. The van der Waals surface area contributed by atoms with Gasteiger partial charge in [-0.15, -0.1) is 4.68 Å². The number of aryl methyl sites for hydroxylation is 2. The van der Waals surface area contributed by atoms with Crippen molar-refractivity contribution >= 4 is 37.0 Å². The first-order valence-electron chi connectivity index (χ1n) is 13.1. The molecule has 1 N–H and O–H groups in total. The van der Waals surface area contributed by atoms with Crippen LogP contribution in [-0.4, -0.2) is 50.1 Å². The minimum Gasteiger partial charge on any atom is -0.299 e. The number of allylic oxidation sites excluding steroid dienone is 4. The average molecular weight is 711 g/mol. The van der Waals surface area contributed by atoms with Gasteiger partial charge in [0, 0.05) is 18.6 Å². The van der Waals surface area contributed by atoms with E-state index in [1.54, 1.807) is 0 Å². The van der Waals surface area contributed by atoms with Gasteiger partial charge in [-0.1, -0.05) is 37.6 Å². The number of unbranched alkanes of at least 4 members (excludes halogenated alkanes) is 1. The van der Waals surface area contributed by atoms with Gasteiger partial charge in [0.15, 0.2) is 7.05 Å². The van der Waals surface area contributed by atoms with E-state index in [9.17, 15) is 60.7 Å². The molecule has 0 saturated carbocycles. The van der Waals surface area contributed by atoms with Crippen LogP contribution in [0.15, 0.2) is 51.8 Å². The van der Waals surface area contributed by atoms with E-state index in [0.29, 0.717) is 0 Å². The highest BCUT2D eigenvalue weighted by molar-refractivity contribution is 8.01. The predicted molar refractivity (Wildman–Crippen MR) is 147 cm³/mol. The summed E-state index contributed by atoms with van der Waals surface area (Å²) in [5.74, 6) is 0. The van der Waals surface area contributed by atoms with Crippen LogP contribution in [0.3, 0.4) is 0 Å². The summed E-state index contributed by atoms with van der Waals surface area (Å²) in [6, 6.07) is 7.18. The zero-order chi connectivity index (χ0) is 35.4. The molecule has 0 spiro atoms. The van der Waals surface area contributed by atoms with Gasteiger partial charge in [-0.25, -0.2) is 16.8 Å². The second-order valence-electron chi connectivity index (χ2n) is 10.2. The average Bonchev–Trinajstić information content (AvgIpc) is 3.42. The molecular weight excluding hydrogens is 684 g/mol. The predicted octanol–water partition coefficient (Wildman–Crippen LogP) is 6.58. The Kier molecular flexibility index (Phi) is 9.61. The number of aromatic nitrogens is 2. The lowest BCUT2D eigenvalue weighted by atomic mass is 9.95. The molecule has 0 bridgehead atoms. The lowest BCUT2D eigenvalue weighted by Gasteiger charge is -2.28. The van der Waals surface area contributed by atoms with Crippen molar-refractivity contribution in [1.29, 1.82) is 5.41 Å². The van der Waals surface area contributed by atoms with Crippen LogP contribution < -0.4 is 4.68 Å². The normalized spacial score (nSPS) is 16.0. The second-order valence-corrected chi connectivity index (χ2v) is 14.1. The molecule has 0 unspecified atom stereocenters. The van der Waals surface area contributed by atoms with Gasteiger partial charge in [-0.2, -0.15) is 48.6 Å². The molecule has 2 aliphatic carbocycles. The first-order valence-corrected chi connectivity index (χ1v) is 16.0. The standard InChI is InChI=1S/C17H7F10NO4S2.C10H19N2/c18-14(19,20)16(24,25)33(29,30)11-6-9-8-4-2-1-3-7(8)5-10(9)12(28)13(11)34(31,32)17(26,27)15(21,22)23;1-5-6-7-12-10(3)8-9(2)11(12)4/h1-6,28H;8H,5-7H2,1-4H3/q;+1. The number of alkyl halides is 10. The van der Waals surface area contributed by atoms with Crippen molar-refractivity contribution in [2.75, 3.05) is 0 Å². The molecule has 0 radical (unpaired) electrons. The van der Waals surface area contributed by atoms with E-state index in [2.05, 4.69) is 43.2 Å². The Bertz CT molecular complexity index is 1880. The van der Waals surface area contributed by atoms with E-state index < -0.39 is 69.2 Å². The van der Waals surface area contributed by atoms with Crippen molar-refractivity contribution in [2.45, 2.75) is 63.0 Å². The molecule has 0 fully saturated rings. The fraction of sp³-hybridized carbons (Fsp3) is 0.407. The van der Waals surface area contributed by atoms with Crippen molar-refractivity contribution in [3.63, 3.8) is 0 Å². The summed E-state index contributed by atoms with van der Waals surface area (Å²) >= 11 is 0. The molecule has 4 rings (SSSR count). The van der Waals surface area contributed by atoms with E-state index >= 15 is 0 Å². The number of hydrogen-bond donors (Lipinski definition) is 1. The van der Waals surface area contributed by atoms with E-state index in [4.69, 9.17) is 5.41 Å². The Morgan fingerprint density at radius 3 is 1.80 bits per heavy atom.